The van der Waals surface area contributed by atoms with Gasteiger partial charge in [-0.25, -0.2) is 0 Å². The van der Waals surface area contributed by atoms with Gasteiger partial charge in [0.15, 0.2) is 0 Å². The van der Waals surface area contributed by atoms with Gasteiger partial charge < -0.3 is 4.74 Å². The molecule has 2 atom stereocenters. The molecular weight excluding hydrogens is 178 g/mol. The number of esters is 1. The zero-order valence-electron chi connectivity index (χ0n) is 8.07. The van der Waals surface area contributed by atoms with E-state index >= 15 is 0 Å². The fourth-order valence-electron chi connectivity index (χ4n) is 1.59. The third-order valence-corrected chi connectivity index (χ3v) is 2.40. The monoisotopic (exact) mass is 191 g/mol. The Morgan fingerprint density at radius 3 is 2.71 bits per heavy atom. The van der Waals surface area contributed by atoms with E-state index < -0.39 is 0 Å². The van der Waals surface area contributed by atoms with Crippen molar-refractivity contribution >= 4 is 5.97 Å². The number of carbonyl (C=O) groups excluding carboxylic acids is 1. The van der Waals surface area contributed by atoms with E-state index in [1.54, 1.807) is 0 Å². The van der Waals surface area contributed by atoms with Crippen molar-refractivity contribution in [2.45, 2.75) is 19.0 Å². The van der Waals surface area contributed by atoms with Crippen molar-refractivity contribution in [2.24, 2.45) is 0 Å². The summed E-state index contributed by atoms with van der Waals surface area (Å²) in [7, 11) is 0. The van der Waals surface area contributed by atoms with Gasteiger partial charge in [0.05, 0.1) is 6.04 Å². The molecule has 1 N–H and O–H groups in total. The predicted molar refractivity (Wildman–Crippen MR) is 52.7 cm³/mol. The molecule has 0 radical (unpaired) electrons. The number of hydrogen-bond acceptors (Lipinski definition) is 3. The summed E-state index contributed by atoms with van der Waals surface area (Å²) < 4.78 is 5.06. The fraction of sp³-hybridized carbons (Fsp3) is 0.364. The Bertz CT molecular complexity index is 323. The maximum Gasteiger partial charge on any atom is 0.322 e. The van der Waals surface area contributed by atoms with Crippen LogP contribution in [0.1, 0.15) is 18.5 Å². The van der Waals surface area contributed by atoms with Crippen molar-refractivity contribution in [3.05, 3.63) is 35.9 Å². The molecule has 0 aliphatic carbocycles. The van der Waals surface area contributed by atoms with Gasteiger partial charge in [0.25, 0.3) is 0 Å². The number of cyclic esters (lactones) is 1. The molecule has 1 aliphatic rings. The number of rotatable bonds is 1. The normalized spacial score (nSPS) is 27.1. The first kappa shape index (κ1) is 9.21. The number of ether oxygens (including phenoxy) is 1. The second-order valence-electron chi connectivity index (χ2n) is 3.48. The molecule has 1 heterocycles. The second kappa shape index (κ2) is 3.80. The molecule has 2 rings (SSSR count). The summed E-state index contributed by atoms with van der Waals surface area (Å²) in [4.78, 5) is 11.1. The standard InChI is InChI=1S/C11H13NO2/c1-8-11(13)14-7-10(12-8)9-5-3-2-4-6-9/h2-6,8,10,12H,7H2,1H3/t8-,10?/m0/s1. The molecule has 0 bridgehead atoms. The van der Waals surface area contributed by atoms with Crippen molar-refractivity contribution in [2.75, 3.05) is 6.61 Å². The topological polar surface area (TPSA) is 38.3 Å². The van der Waals surface area contributed by atoms with E-state index in [2.05, 4.69) is 5.32 Å². The Morgan fingerprint density at radius 1 is 1.36 bits per heavy atom. The second-order valence-corrected chi connectivity index (χ2v) is 3.48. The number of carbonyl (C=O) groups is 1. The third kappa shape index (κ3) is 1.77. The first-order valence-corrected chi connectivity index (χ1v) is 4.75. The van der Waals surface area contributed by atoms with Crippen LogP contribution in [0, 0.1) is 0 Å². The minimum absolute atomic E-state index is 0.129. The number of nitrogens with one attached hydrogen (secondary N) is 1. The lowest BCUT2D eigenvalue weighted by atomic mass is 10.1. The summed E-state index contributed by atoms with van der Waals surface area (Å²) in [6, 6.07) is 9.92. The molecule has 1 aliphatic heterocycles. The maximum atomic E-state index is 11.1. The van der Waals surface area contributed by atoms with Crippen molar-refractivity contribution < 1.29 is 9.53 Å². The molecule has 3 nitrogen and oxygen atoms in total. The quantitative estimate of drug-likeness (QED) is 0.679. The van der Waals surface area contributed by atoms with Crippen LogP contribution in [-0.4, -0.2) is 18.6 Å². The molecular formula is C11H13NO2. The van der Waals surface area contributed by atoms with Gasteiger partial charge in [0.1, 0.15) is 12.6 Å². The Kier molecular flexibility index (Phi) is 2.50. The van der Waals surface area contributed by atoms with E-state index in [-0.39, 0.29) is 18.1 Å². The molecule has 1 aromatic carbocycles. The van der Waals surface area contributed by atoms with Gasteiger partial charge in [0, 0.05) is 0 Å². The molecule has 0 amide bonds. The van der Waals surface area contributed by atoms with Crippen LogP contribution in [0.25, 0.3) is 0 Å². The molecule has 1 aromatic rings. The summed E-state index contributed by atoms with van der Waals surface area (Å²) in [6.45, 7) is 2.24. The largest absolute Gasteiger partial charge is 0.463 e. The van der Waals surface area contributed by atoms with Crippen molar-refractivity contribution in [1.82, 2.24) is 5.32 Å². The van der Waals surface area contributed by atoms with E-state index in [0.717, 1.165) is 5.56 Å². The molecule has 0 aromatic heterocycles. The number of morpholine rings is 1. The molecule has 1 saturated heterocycles. The lowest BCUT2D eigenvalue weighted by molar-refractivity contribution is -0.151. The molecule has 74 valence electrons. The van der Waals surface area contributed by atoms with Gasteiger partial charge in [-0.2, -0.15) is 0 Å². The minimum Gasteiger partial charge on any atom is -0.463 e. The summed E-state index contributed by atoms with van der Waals surface area (Å²) in [5, 5.41) is 3.21. The van der Waals surface area contributed by atoms with Crippen LogP contribution >= 0.6 is 0 Å². The Hall–Kier alpha value is -1.35. The fourth-order valence-corrected chi connectivity index (χ4v) is 1.59. The van der Waals surface area contributed by atoms with Crippen molar-refractivity contribution in [3.63, 3.8) is 0 Å². The maximum absolute atomic E-state index is 11.1. The van der Waals surface area contributed by atoms with E-state index in [1.807, 2.05) is 37.3 Å². The minimum atomic E-state index is -0.214. The summed E-state index contributed by atoms with van der Waals surface area (Å²) in [5.41, 5.74) is 1.16. The highest BCUT2D eigenvalue weighted by molar-refractivity contribution is 5.76. The number of hydrogen-bond donors (Lipinski definition) is 1. The predicted octanol–water partition coefficient (Wildman–Crippen LogP) is 1.26. The SMILES string of the molecule is C[C@@H]1NC(c2ccccc2)COC1=O. The van der Waals surface area contributed by atoms with Crippen LogP contribution in [0.5, 0.6) is 0 Å². The highest BCUT2D eigenvalue weighted by Gasteiger charge is 2.26. The first-order chi connectivity index (χ1) is 6.77. The Morgan fingerprint density at radius 2 is 2.07 bits per heavy atom. The zero-order chi connectivity index (χ0) is 9.97. The Balaban J connectivity index is 2.11. The van der Waals surface area contributed by atoms with Crippen LogP contribution in [-0.2, 0) is 9.53 Å². The lowest BCUT2D eigenvalue weighted by Gasteiger charge is -2.28. The average molecular weight is 191 g/mol. The van der Waals surface area contributed by atoms with Gasteiger partial charge in [-0.3, -0.25) is 10.1 Å². The highest BCUT2D eigenvalue weighted by Crippen LogP contribution is 2.17. The molecule has 14 heavy (non-hydrogen) atoms. The molecule has 1 fully saturated rings. The smallest absolute Gasteiger partial charge is 0.322 e. The lowest BCUT2D eigenvalue weighted by Crippen LogP contribution is -2.45. The molecule has 0 spiro atoms. The van der Waals surface area contributed by atoms with Gasteiger partial charge in [-0.05, 0) is 12.5 Å². The van der Waals surface area contributed by atoms with Crippen molar-refractivity contribution in [3.8, 4) is 0 Å². The summed E-state index contributed by atoms with van der Waals surface area (Å²) in [6.07, 6.45) is 0. The highest BCUT2D eigenvalue weighted by atomic mass is 16.5. The van der Waals surface area contributed by atoms with Crippen molar-refractivity contribution in [1.29, 1.82) is 0 Å². The zero-order valence-corrected chi connectivity index (χ0v) is 8.07. The summed E-state index contributed by atoms with van der Waals surface area (Å²) >= 11 is 0. The van der Waals surface area contributed by atoms with Gasteiger partial charge in [0.2, 0.25) is 0 Å². The average Bonchev–Trinajstić information content (AvgIpc) is 2.23. The van der Waals surface area contributed by atoms with Crippen LogP contribution in [0.2, 0.25) is 0 Å². The molecule has 3 heteroatoms. The first-order valence-electron chi connectivity index (χ1n) is 4.75. The van der Waals surface area contributed by atoms with Crippen LogP contribution in [0.3, 0.4) is 0 Å². The Labute approximate surface area is 83.1 Å². The van der Waals surface area contributed by atoms with Gasteiger partial charge in [-0.15, -0.1) is 0 Å². The van der Waals surface area contributed by atoms with Crippen LogP contribution in [0.4, 0.5) is 0 Å². The van der Waals surface area contributed by atoms with Gasteiger partial charge in [-0.1, -0.05) is 30.3 Å². The van der Waals surface area contributed by atoms with E-state index in [4.69, 9.17) is 4.74 Å². The number of benzene rings is 1. The van der Waals surface area contributed by atoms with Crippen LogP contribution in [0.15, 0.2) is 30.3 Å². The van der Waals surface area contributed by atoms with E-state index in [9.17, 15) is 4.79 Å². The van der Waals surface area contributed by atoms with Crippen LogP contribution < -0.4 is 5.32 Å². The third-order valence-electron chi connectivity index (χ3n) is 2.40. The summed E-state index contributed by atoms with van der Waals surface area (Å²) in [5.74, 6) is -0.169. The molecule has 0 saturated carbocycles. The van der Waals surface area contributed by atoms with Gasteiger partial charge >= 0.3 is 5.97 Å². The van der Waals surface area contributed by atoms with E-state index in [1.165, 1.54) is 0 Å². The van der Waals surface area contributed by atoms with E-state index in [0.29, 0.717) is 6.61 Å². The molecule has 1 unspecified atom stereocenters.